The molecular formula is C20H15N2O8P. The molecule has 0 atom stereocenters. The number of methoxy groups -OCH3 is 1. The summed E-state index contributed by atoms with van der Waals surface area (Å²) in [6.45, 7) is 0. The minimum Gasteiger partial charge on any atom is -0.465 e. The van der Waals surface area contributed by atoms with Crippen molar-refractivity contribution in [2.45, 2.75) is 0 Å². The molecule has 31 heavy (non-hydrogen) atoms. The summed E-state index contributed by atoms with van der Waals surface area (Å²) in [6, 6.07) is 15.8. The molecule has 0 bridgehead atoms. The number of hydrogen-bond donors (Lipinski definition) is 0. The maximum Gasteiger partial charge on any atom is 0.341 e. The highest BCUT2D eigenvalue weighted by atomic mass is 31.2. The fourth-order valence-corrected chi connectivity index (χ4v) is 4.79. The second kappa shape index (κ2) is 8.76. The van der Waals surface area contributed by atoms with E-state index < -0.39 is 23.2 Å². The fraction of sp³-hybridized carbons (Fsp3) is 0.0500. The zero-order valence-electron chi connectivity index (χ0n) is 16.0. The maximum atomic E-state index is 14.1. The molecule has 0 amide bonds. The standard InChI is InChI=1S/C20H15N2O8P/c1-29-20(23)18-4-2-3-5-19(18)30-31(28,16-10-6-14(7-11-16)21(24)25)17-12-8-15(9-13-17)22(26)27/h2-13H,1H3. The van der Waals surface area contributed by atoms with Crippen LogP contribution in [-0.2, 0) is 9.30 Å². The quantitative estimate of drug-likeness (QED) is 0.234. The number of nitro groups is 2. The summed E-state index contributed by atoms with van der Waals surface area (Å²) in [5.74, 6) is -0.746. The molecule has 0 aliphatic heterocycles. The molecule has 0 N–H and O–H groups in total. The average molecular weight is 442 g/mol. The molecule has 158 valence electrons. The molecule has 11 heteroatoms. The van der Waals surface area contributed by atoms with Crippen molar-refractivity contribution in [3.8, 4) is 5.75 Å². The molecule has 3 rings (SSSR count). The van der Waals surface area contributed by atoms with Crippen LogP contribution in [0.2, 0.25) is 0 Å². The second-order valence-corrected chi connectivity index (χ2v) is 8.50. The van der Waals surface area contributed by atoms with Crippen LogP contribution in [0.3, 0.4) is 0 Å². The van der Waals surface area contributed by atoms with Crippen molar-refractivity contribution >= 4 is 35.3 Å². The van der Waals surface area contributed by atoms with Gasteiger partial charge in [0.1, 0.15) is 11.3 Å². The van der Waals surface area contributed by atoms with Gasteiger partial charge in [-0.15, -0.1) is 0 Å². The molecule has 3 aromatic rings. The van der Waals surface area contributed by atoms with Crippen LogP contribution >= 0.6 is 7.37 Å². The Morgan fingerprint density at radius 3 is 1.68 bits per heavy atom. The van der Waals surface area contributed by atoms with E-state index in [0.717, 1.165) is 0 Å². The van der Waals surface area contributed by atoms with Gasteiger partial charge in [0.15, 0.2) is 0 Å². The smallest absolute Gasteiger partial charge is 0.341 e. The minimum atomic E-state index is -3.98. The number of para-hydroxylation sites is 1. The predicted molar refractivity (Wildman–Crippen MR) is 111 cm³/mol. The van der Waals surface area contributed by atoms with Gasteiger partial charge < -0.3 is 9.26 Å². The number of hydrogen-bond acceptors (Lipinski definition) is 8. The maximum absolute atomic E-state index is 14.1. The van der Waals surface area contributed by atoms with Crippen molar-refractivity contribution in [2.24, 2.45) is 0 Å². The third kappa shape index (κ3) is 4.44. The van der Waals surface area contributed by atoms with Crippen molar-refractivity contribution in [1.82, 2.24) is 0 Å². The largest absolute Gasteiger partial charge is 0.465 e. The Kier molecular flexibility index (Phi) is 6.12. The van der Waals surface area contributed by atoms with Crippen molar-refractivity contribution in [3.05, 3.63) is 98.6 Å². The van der Waals surface area contributed by atoms with E-state index in [1.807, 2.05) is 0 Å². The first kappa shape index (κ1) is 21.7. The Bertz CT molecular complexity index is 1130. The Hall–Kier alpha value is -4.04. The highest BCUT2D eigenvalue weighted by Gasteiger charge is 2.33. The summed E-state index contributed by atoms with van der Waals surface area (Å²) in [6.07, 6.45) is 0. The Labute approximate surface area is 175 Å². The van der Waals surface area contributed by atoms with Gasteiger partial charge in [-0.25, -0.2) is 4.79 Å². The molecule has 0 spiro atoms. The highest BCUT2D eigenvalue weighted by molar-refractivity contribution is 7.74. The van der Waals surface area contributed by atoms with Crippen LogP contribution in [-0.4, -0.2) is 22.9 Å². The number of nitrogens with zero attached hydrogens (tertiary/aromatic N) is 2. The second-order valence-electron chi connectivity index (χ2n) is 6.18. The predicted octanol–water partition coefficient (Wildman–Crippen LogP) is 3.60. The van der Waals surface area contributed by atoms with Crippen molar-refractivity contribution in [3.63, 3.8) is 0 Å². The number of non-ortho nitro benzene ring substituents is 2. The van der Waals surface area contributed by atoms with Crippen LogP contribution in [0, 0.1) is 20.2 Å². The Morgan fingerprint density at radius 2 is 1.26 bits per heavy atom. The Morgan fingerprint density at radius 1 is 0.806 bits per heavy atom. The van der Waals surface area contributed by atoms with E-state index >= 15 is 0 Å². The first-order valence-electron chi connectivity index (χ1n) is 8.73. The van der Waals surface area contributed by atoms with Crippen LogP contribution in [0.1, 0.15) is 10.4 Å². The van der Waals surface area contributed by atoms with Crippen LogP contribution in [0.15, 0.2) is 72.8 Å². The summed E-state index contributed by atoms with van der Waals surface area (Å²) in [7, 11) is -2.79. The van der Waals surface area contributed by atoms with Gasteiger partial charge in [-0.05, 0) is 36.4 Å². The summed E-state index contributed by atoms with van der Waals surface area (Å²) in [5, 5.41) is 22.1. The first-order valence-corrected chi connectivity index (χ1v) is 10.4. The molecule has 0 radical (unpaired) electrons. The van der Waals surface area contributed by atoms with E-state index in [-0.39, 0.29) is 33.3 Å². The van der Waals surface area contributed by atoms with Crippen molar-refractivity contribution in [2.75, 3.05) is 7.11 Å². The molecule has 0 saturated heterocycles. The Balaban J connectivity index is 2.15. The van der Waals surface area contributed by atoms with E-state index in [1.54, 1.807) is 12.1 Å². The monoisotopic (exact) mass is 442 g/mol. The van der Waals surface area contributed by atoms with E-state index in [2.05, 4.69) is 0 Å². The molecular weight excluding hydrogens is 427 g/mol. The highest BCUT2D eigenvalue weighted by Crippen LogP contribution is 2.46. The van der Waals surface area contributed by atoms with Crippen LogP contribution in [0.4, 0.5) is 11.4 Å². The normalized spacial score (nSPS) is 10.9. The van der Waals surface area contributed by atoms with Gasteiger partial charge in [-0.1, -0.05) is 12.1 Å². The van der Waals surface area contributed by atoms with Crippen LogP contribution in [0.25, 0.3) is 0 Å². The lowest BCUT2D eigenvalue weighted by Crippen LogP contribution is -2.21. The lowest BCUT2D eigenvalue weighted by atomic mass is 10.2. The van der Waals surface area contributed by atoms with Gasteiger partial charge in [-0.3, -0.25) is 24.8 Å². The summed E-state index contributed by atoms with van der Waals surface area (Å²) >= 11 is 0. The molecule has 10 nitrogen and oxygen atoms in total. The van der Waals surface area contributed by atoms with Gasteiger partial charge >= 0.3 is 13.3 Å². The van der Waals surface area contributed by atoms with Gasteiger partial charge in [0.25, 0.3) is 11.4 Å². The minimum absolute atomic E-state index is 0.0223. The van der Waals surface area contributed by atoms with Crippen molar-refractivity contribution < 1.29 is 28.5 Å². The third-order valence-electron chi connectivity index (χ3n) is 4.32. The number of esters is 1. The first-order chi connectivity index (χ1) is 14.8. The molecule has 0 aliphatic carbocycles. The molecule has 0 aliphatic rings. The molecule has 0 aromatic heterocycles. The van der Waals surface area contributed by atoms with E-state index in [4.69, 9.17) is 9.26 Å². The average Bonchev–Trinajstić information content (AvgIpc) is 2.79. The zero-order valence-corrected chi connectivity index (χ0v) is 16.9. The number of rotatable bonds is 7. The van der Waals surface area contributed by atoms with Crippen LogP contribution < -0.4 is 15.1 Å². The molecule has 0 unspecified atom stereocenters. The lowest BCUT2D eigenvalue weighted by Gasteiger charge is -2.21. The van der Waals surface area contributed by atoms with Gasteiger partial charge in [0.2, 0.25) is 0 Å². The molecule has 0 heterocycles. The molecule has 0 saturated carbocycles. The number of carbonyl (C=O) groups is 1. The van der Waals surface area contributed by atoms with Gasteiger partial charge in [0, 0.05) is 24.3 Å². The van der Waals surface area contributed by atoms with E-state index in [9.17, 15) is 29.6 Å². The van der Waals surface area contributed by atoms with E-state index in [1.165, 1.54) is 67.8 Å². The summed E-state index contributed by atoms with van der Waals surface area (Å²) in [5.41, 5.74) is -0.406. The summed E-state index contributed by atoms with van der Waals surface area (Å²) in [4.78, 5) is 32.8. The molecule has 3 aromatic carbocycles. The third-order valence-corrected chi connectivity index (χ3v) is 6.73. The fourth-order valence-electron chi connectivity index (χ4n) is 2.76. The van der Waals surface area contributed by atoms with Gasteiger partial charge in [-0.2, -0.15) is 0 Å². The number of ether oxygens (including phenoxy) is 1. The SMILES string of the molecule is COC(=O)c1ccccc1OP(=O)(c1ccc([N+](=O)[O-])cc1)c1ccc([N+](=O)[O-])cc1. The van der Waals surface area contributed by atoms with Crippen LogP contribution in [0.5, 0.6) is 5.75 Å². The molecule has 0 fully saturated rings. The summed E-state index contributed by atoms with van der Waals surface area (Å²) < 4.78 is 24.7. The number of benzene rings is 3. The van der Waals surface area contributed by atoms with Crippen molar-refractivity contribution in [1.29, 1.82) is 0 Å². The number of nitro benzene ring substituents is 2. The topological polar surface area (TPSA) is 139 Å². The lowest BCUT2D eigenvalue weighted by molar-refractivity contribution is -0.385. The zero-order chi connectivity index (χ0) is 22.6. The van der Waals surface area contributed by atoms with Gasteiger partial charge in [0.05, 0.1) is 27.6 Å². The number of carbonyl (C=O) groups excluding carboxylic acids is 1. The van der Waals surface area contributed by atoms with E-state index in [0.29, 0.717) is 0 Å².